The van der Waals surface area contributed by atoms with E-state index in [2.05, 4.69) is 57.8 Å². The first-order valence-electron chi connectivity index (χ1n) is 9.16. The molecule has 4 fully saturated rings. The van der Waals surface area contributed by atoms with Crippen molar-refractivity contribution in [2.24, 2.45) is 23.7 Å². The summed E-state index contributed by atoms with van der Waals surface area (Å²) in [6.45, 7) is 0. The molecule has 0 aromatic rings. The van der Waals surface area contributed by atoms with E-state index in [1.807, 2.05) is 0 Å². The number of halogens is 2. The Morgan fingerprint density at radius 2 is 1.70 bits per heavy atom. The maximum Gasteiger partial charge on any atom is 0.218 e. The Morgan fingerprint density at radius 3 is 2.43 bits per heavy atom. The summed E-state index contributed by atoms with van der Waals surface area (Å²) >= 11 is 9.36. The van der Waals surface area contributed by atoms with Gasteiger partial charge in [-0.05, 0) is 75.0 Å². The van der Waals surface area contributed by atoms with E-state index in [9.17, 15) is 9.90 Å². The van der Waals surface area contributed by atoms with Gasteiger partial charge in [0.2, 0.25) is 5.12 Å². The Bertz CT molecular complexity index is 529. The van der Waals surface area contributed by atoms with Gasteiger partial charge in [-0.15, -0.1) is 12.6 Å². The Labute approximate surface area is 172 Å². The van der Waals surface area contributed by atoms with Crippen LogP contribution in [0.2, 0.25) is 0 Å². The van der Waals surface area contributed by atoms with Gasteiger partial charge in [-0.2, -0.15) is 0 Å². The summed E-state index contributed by atoms with van der Waals surface area (Å²) < 4.78 is 0.210. The van der Waals surface area contributed by atoms with Gasteiger partial charge in [-0.3, -0.25) is 4.79 Å². The second-order valence-corrected chi connectivity index (χ2v) is 12.8. The largest absolute Gasteiger partial charge is 0.380 e. The summed E-state index contributed by atoms with van der Waals surface area (Å²) in [6, 6.07) is 0. The van der Waals surface area contributed by atoms with E-state index in [4.69, 9.17) is 0 Å². The summed E-state index contributed by atoms with van der Waals surface area (Å²) in [7, 11) is 0. The highest BCUT2D eigenvalue weighted by Crippen LogP contribution is 2.67. The van der Waals surface area contributed by atoms with Gasteiger partial charge in [-0.25, -0.2) is 0 Å². The number of fused-ring (bicyclic) bond motifs is 5. The number of alkyl halides is 2. The lowest BCUT2D eigenvalue weighted by atomic mass is 9.53. The van der Waals surface area contributed by atoms with Crippen LogP contribution in [0.1, 0.15) is 64.2 Å². The van der Waals surface area contributed by atoms with Gasteiger partial charge < -0.3 is 5.11 Å². The highest BCUT2D eigenvalue weighted by molar-refractivity contribution is 14.1. The van der Waals surface area contributed by atoms with Gasteiger partial charge in [-0.1, -0.05) is 58.0 Å². The number of hydrogen-bond acceptors (Lipinski definition) is 2. The predicted molar refractivity (Wildman–Crippen MR) is 113 cm³/mol. The smallest absolute Gasteiger partial charge is 0.218 e. The summed E-state index contributed by atoms with van der Waals surface area (Å²) in [5, 5.41) is 10.8. The third-order valence-corrected chi connectivity index (χ3v) is 12.6. The molecule has 4 aliphatic rings. The van der Waals surface area contributed by atoms with Crippen LogP contribution in [0.5, 0.6) is 0 Å². The molecule has 1 N–H and O–H groups in total. The minimum Gasteiger partial charge on any atom is -0.380 e. The van der Waals surface area contributed by atoms with Gasteiger partial charge in [0.25, 0.3) is 0 Å². The number of carbonyl (C=O) groups is 1. The average molecular weight is 560 g/mol. The molecule has 4 aliphatic carbocycles. The van der Waals surface area contributed by atoms with E-state index in [0.29, 0.717) is 21.7 Å². The van der Waals surface area contributed by atoms with Crippen LogP contribution < -0.4 is 0 Å². The molecule has 4 rings (SSSR count). The topological polar surface area (TPSA) is 37.3 Å². The highest BCUT2D eigenvalue weighted by Gasteiger charge is 2.67. The second kappa shape index (κ2) is 5.98. The Hall–Kier alpha value is 1.44. The molecule has 0 radical (unpaired) electrons. The molecule has 0 amide bonds. The van der Waals surface area contributed by atoms with Crippen LogP contribution >= 0.6 is 57.8 Å². The van der Waals surface area contributed by atoms with Crippen molar-refractivity contribution < 1.29 is 9.90 Å². The zero-order valence-electron chi connectivity index (χ0n) is 13.4. The number of aliphatic hydroxyl groups is 1. The first-order valence-corrected chi connectivity index (χ1v) is 11.8. The van der Waals surface area contributed by atoms with Crippen molar-refractivity contribution in [2.75, 3.05) is 0 Å². The lowest BCUT2D eigenvalue weighted by Crippen LogP contribution is -2.61. The Morgan fingerprint density at radius 1 is 0.957 bits per heavy atom. The molecule has 0 aromatic carbocycles. The normalized spacial score (nSPS) is 55.7. The Balaban J connectivity index is 1.67. The van der Waals surface area contributed by atoms with Gasteiger partial charge in [0.05, 0.1) is 3.42 Å². The fraction of sp³-hybridized carbons (Fsp3) is 0.944. The fourth-order valence-corrected chi connectivity index (χ4v) is 10.6. The monoisotopic (exact) mass is 560 g/mol. The lowest BCUT2D eigenvalue weighted by Gasteiger charge is -2.59. The fourth-order valence-electron chi connectivity index (χ4n) is 6.69. The zero-order chi connectivity index (χ0) is 16.5. The first kappa shape index (κ1) is 17.8. The quantitative estimate of drug-likeness (QED) is 0.271. The molecule has 5 heteroatoms. The maximum absolute atomic E-state index is 12.1. The van der Waals surface area contributed by atoms with Crippen molar-refractivity contribution in [1.29, 1.82) is 0 Å². The molecule has 0 heterocycles. The van der Waals surface area contributed by atoms with Crippen molar-refractivity contribution in [2.45, 2.75) is 76.7 Å². The summed E-state index contributed by atoms with van der Waals surface area (Å²) in [4.78, 5) is 12.1. The van der Waals surface area contributed by atoms with Crippen LogP contribution in [0, 0.1) is 23.7 Å². The van der Waals surface area contributed by atoms with Crippen molar-refractivity contribution in [3.05, 3.63) is 0 Å². The standard InChI is InChI=1S/C18H26I2O2S/c19-16-8-2-1-3-11(16)4-5-12-13(16)6-9-17(20)14(12)7-10-18(17,22)15(21)23/h11-14,22H,1-10H2,(H,21,23). The number of hydrogen-bond donors (Lipinski definition) is 2. The van der Waals surface area contributed by atoms with Crippen LogP contribution in [0.4, 0.5) is 0 Å². The Kier molecular flexibility index (Phi) is 4.63. The maximum atomic E-state index is 12.1. The summed E-state index contributed by atoms with van der Waals surface area (Å²) in [5.41, 5.74) is -1.20. The van der Waals surface area contributed by atoms with Crippen molar-refractivity contribution in [1.82, 2.24) is 0 Å². The molecule has 7 atom stereocenters. The molecule has 0 bridgehead atoms. The first-order chi connectivity index (χ1) is 10.8. The molecule has 2 nitrogen and oxygen atoms in total. The molecular weight excluding hydrogens is 534 g/mol. The number of rotatable bonds is 1. The molecule has 7 unspecified atom stereocenters. The van der Waals surface area contributed by atoms with E-state index in [-0.39, 0.29) is 8.54 Å². The van der Waals surface area contributed by atoms with E-state index in [1.54, 1.807) is 0 Å². The third kappa shape index (κ3) is 2.37. The summed E-state index contributed by atoms with van der Waals surface area (Å²) in [5.74, 6) is 2.91. The van der Waals surface area contributed by atoms with Crippen LogP contribution in [-0.4, -0.2) is 22.7 Å². The third-order valence-electron chi connectivity index (χ3n) is 7.81. The summed E-state index contributed by atoms with van der Waals surface area (Å²) in [6.07, 6.45) is 12.1. The zero-order valence-corrected chi connectivity index (χ0v) is 18.6. The highest BCUT2D eigenvalue weighted by atomic mass is 127. The lowest BCUT2D eigenvalue weighted by molar-refractivity contribution is -0.131. The van der Waals surface area contributed by atoms with Crippen LogP contribution in [0.15, 0.2) is 0 Å². The molecule has 23 heavy (non-hydrogen) atoms. The second-order valence-electron chi connectivity index (χ2n) is 8.43. The number of thiol groups is 1. The van der Waals surface area contributed by atoms with Crippen LogP contribution in [0.25, 0.3) is 0 Å². The minimum atomic E-state index is -1.20. The molecule has 4 saturated carbocycles. The predicted octanol–water partition coefficient (Wildman–Crippen LogP) is 4.94. The van der Waals surface area contributed by atoms with Gasteiger partial charge in [0, 0.05) is 3.42 Å². The molecule has 0 saturated heterocycles. The van der Waals surface area contributed by atoms with E-state index in [0.717, 1.165) is 24.7 Å². The van der Waals surface area contributed by atoms with Crippen molar-refractivity contribution >= 4 is 62.9 Å². The molecular formula is C18H26I2O2S. The van der Waals surface area contributed by atoms with Gasteiger partial charge >= 0.3 is 0 Å². The van der Waals surface area contributed by atoms with E-state index < -0.39 is 5.60 Å². The molecule has 130 valence electrons. The van der Waals surface area contributed by atoms with Crippen LogP contribution in [-0.2, 0) is 4.79 Å². The van der Waals surface area contributed by atoms with Crippen molar-refractivity contribution in [3.63, 3.8) is 0 Å². The van der Waals surface area contributed by atoms with Gasteiger partial charge in [0.15, 0.2) is 0 Å². The van der Waals surface area contributed by atoms with E-state index in [1.165, 1.54) is 44.9 Å². The molecule has 0 aromatic heterocycles. The van der Waals surface area contributed by atoms with E-state index >= 15 is 0 Å². The minimum absolute atomic E-state index is 0.279. The molecule has 0 aliphatic heterocycles. The number of carbonyl (C=O) groups excluding carboxylic acids is 1. The van der Waals surface area contributed by atoms with Gasteiger partial charge in [0.1, 0.15) is 5.60 Å². The molecule has 0 spiro atoms. The van der Waals surface area contributed by atoms with Crippen molar-refractivity contribution in [3.8, 4) is 0 Å². The average Bonchev–Trinajstić information content (AvgIpc) is 2.80. The van der Waals surface area contributed by atoms with Crippen LogP contribution in [0.3, 0.4) is 0 Å². The SMILES string of the molecule is O=C(S)C1(O)CCC2C3CCC4CCCCC4(I)C3CCC21I.